The molecule has 4 heteroatoms. The lowest BCUT2D eigenvalue weighted by Gasteiger charge is -2.41. The van der Waals surface area contributed by atoms with E-state index in [1.165, 1.54) is 17.9 Å². The first-order chi connectivity index (χ1) is 9.87. The molecule has 116 valence electrons. The maximum Gasteiger partial charge on any atom is 0.0942 e. The highest BCUT2D eigenvalue weighted by Gasteiger charge is 2.38. The number of nitrogens with zero attached hydrogens (tertiary/aromatic N) is 3. The summed E-state index contributed by atoms with van der Waals surface area (Å²) in [5.41, 5.74) is 1.43. The smallest absolute Gasteiger partial charge is 0.0942 e. The van der Waals surface area contributed by atoms with Crippen LogP contribution in [-0.2, 0) is 7.05 Å². The molecule has 0 radical (unpaired) electrons. The van der Waals surface area contributed by atoms with Crippen LogP contribution in [0.15, 0.2) is 11.1 Å². The van der Waals surface area contributed by atoms with Crippen molar-refractivity contribution in [2.24, 2.45) is 24.3 Å². The molecular formula is C17H27N3S. The minimum atomic E-state index is 0.175. The van der Waals surface area contributed by atoms with Crippen molar-refractivity contribution in [3.8, 4) is 6.07 Å². The summed E-state index contributed by atoms with van der Waals surface area (Å²) in [6.07, 6.45) is 4.59. The Balaban J connectivity index is 2.14. The Labute approximate surface area is 133 Å². The second kappa shape index (κ2) is 6.44. The van der Waals surface area contributed by atoms with Gasteiger partial charge in [-0.2, -0.15) is 10.4 Å². The molecule has 0 saturated heterocycles. The number of aryl methyl sites for hydroxylation is 2. The Morgan fingerprint density at radius 3 is 2.71 bits per heavy atom. The molecule has 21 heavy (non-hydrogen) atoms. The molecule has 0 aromatic carbocycles. The number of nitriles is 1. The summed E-state index contributed by atoms with van der Waals surface area (Å²) in [5, 5.41) is 15.5. The lowest BCUT2D eigenvalue weighted by Crippen LogP contribution is -2.34. The van der Waals surface area contributed by atoms with Crippen molar-refractivity contribution in [3.63, 3.8) is 0 Å². The number of rotatable bonds is 4. The maximum absolute atomic E-state index is 9.47. The molecule has 3 nitrogen and oxygen atoms in total. The Morgan fingerprint density at radius 1 is 1.48 bits per heavy atom. The molecule has 1 aromatic heterocycles. The molecule has 1 saturated carbocycles. The summed E-state index contributed by atoms with van der Waals surface area (Å²) in [6, 6.07) is 4.67. The highest BCUT2D eigenvalue weighted by molar-refractivity contribution is 7.99. The van der Waals surface area contributed by atoms with Gasteiger partial charge in [0.2, 0.25) is 0 Å². The van der Waals surface area contributed by atoms with Gasteiger partial charge >= 0.3 is 0 Å². The van der Waals surface area contributed by atoms with Gasteiger partial charge in [-0.1, -0.05) is 27.2 Å². The van der Waals surface area contributed by atoms with E-state index in [-0.39, 0.29) is 5.92 Å². The SMILES string of the molecule is CCC(C)(C)C1CCC(C#N)C(Sc2cc(C)nn2C)C1. The first-order valence-corrected chi connectivity index (χ1v) is 8.82. The minimum Gasteiger partial charge on any atom is -0.262 e. The zero-order valence-electron chi connectivity index (χ0n) is 13.9. The summed E-state index contributed by atoms with van der Waals surface area (Å²) in [6.45, 7) is 9.05. The fourth-order valence-corrected chi connectivity index (χ4v) is 4.69. The molecule has 3 atom stereocenters. The first-order valence-electron chi connectivity index (χ1n) is 7.94. The third kappa shape index (κ3) is 3.63. The van der Waals surface area contributed by atoms with Gasteiger partial charge in [0.15, 0.2) is 0 Å². The van der Waals surface area contributed by atoms with Crippen LogP contribution in [-0.4, -0.2) is 15.0 Å². The van der Waals surface area contributed by atoms with Gasteiger partial charge in [0.05, 0.1) is 22.7 Å². The molecule has 0 aliphatic heterocycles. The monoisotopic (exact) mass is 305 g/mol. The van der Waals surface area contributed by atoms with Crippen LogP contribution in [0, 0.1) is 35.5 Å². The molecule has 1 aromatic rings. The van der Waals surface area contributed by atoms with Crippen molar-refractivity contribution in [1.82, 2.24) is 9.78 Å². The molecule has 2 rings (SSSR count). The van der Waals surface area contributed by atoms with Crippen LogP contribution in [0.25, 0.3) is 0 Å². The average Bonchev–Trinajstić information content (AvgIpc) is 2.76. The minimum absolute atomic E-state index is 0.175. The van der Waals surface area contributed by atoms with Crippen LogP contribution >= 0.6 is 11.8 Å². The second-order valence-corrected chi connectivity index (χ2v) is 8.25. The van der Waals surface area contributed by atoms with Gasteiger partial charge in [0, 0.05) is 12.3 Å². The average molecular weight is 305 g/mol. The lowest BCUT2D eigenvalue weighted by atomic mass is 9.67. The number of hydrogen-bond donors (Lipinski definition) is 0. The highest BCUT2D eigenvalue weighted by Crippen LogP contribution is 2.46. The van der Waals surface area contributed by atoms with E-state index in [9.17, 15) is 5.26 Å². The Bertz CT molecular complexity index is 527. The van der Waals surface area contributed by atoms with Crippen molar-refractivity contribution < 1.29 is 0 Å². The van der Waals surface area contributed by atoms with E-state index in [0.717, 1.165) is 24.5 Å². The van der Waals surface area contributed by atoms with Crippen LogP contribution in [0.5, 0.6) is 0 Å². The zero-order chi connectivity index (χ0) is 15.6. The van der Waals surface area contributed by atoms with Crippen molar-refractivity contribution in [2.45, 2.75) is 63.7 Å². The van der Waals surface area contributed by atoms with E-state index >= 15 is 0 Å². The van der Waals surface area contributed by atoms with Crippen LogP contribution in [0.1, 0.15) is 52.1 Å². The Morgan fingerprint density at radius 2 is 2.19 bits per heavy atom. The summed E-state index contributed by atoms with van der Waals surface area (Å²) in [5.74, 6) is 0.896. The van der Waals surface area contributed by atoms with Crippen molar-refractivity contribution in [1.29, 1.82) is 5.26 Å². The quantitative estimate of drug-likeness (QED) is 0.818. The van der Waals surface area contributed by atoms with E-state index in [1.807, 2.05) is 30.4 Å². The topological polar surface area (TPSA) is 41.6 Å². The lowest BCUT2D eigenvalue weighted by molar-refractivity contribution is 0.144. The Kier molecular flexibility index (Phi) is 5.03. The maximum atomic E-state index is 9.47. The van der Waals surface area contributed by atoms with Gasteiger partial charge in [-0.15, -0.1) is 11.8 Å². The predicted octanol–water partition coefficient (Wildman–Crippen LogP) is 4.57. The number of thioether (sulfide) groups is 1. The number of aromatic nitrogens is 2. The third-order valence-electron chi connectivity index (χ3n) is 5.21. The molecule has 0 amide bonds. The largest absolute Gasteiger partial charge is 0.262 e. The van der Waals surface area contributed by atoms with E-state index in [0.29, 0.717) is 10.7 Å². The van der Waals surface area contributed by atoms with Crippen molar-refractivity contribution >= 4 is 11.8 Å². The summed E-state index contributed by atoms with van der Waals surface area (Å²) in [7, 11) is 1.99. The molecule has 1 fully saturated rings. The van der Waals surface area contributed by atoms with E-state index < -0.39 is 0 Å². The van der Waals surface area contributed by atoms with E-state index in [2.05, 4.69) is 38.0 Å². The highest BCUT2D eigenvalue weighted by atomic mass is 32.2. The van der Waals surface area contributed by atoms with E-state index in [4.69, 9.17) is 0 Å². The second-order valence-electron chi connectivity index (χ2n) is 6.99. The van der Waals surface area contributed by atoms with Gasteiger partial charge in [0.1, 0.15) is 0 Å². The summed E-state index contributed by atoms with van der Waals surface area (Å²) in [4.78, 5) is 0. The standard InChI is InChI=1S/C17H27N3S/c1-6-17(3,4)14-8-7-13(11-18)15(10-14)21-16-9-12(2)19-20(16)5/h9,13-15H,6-8,10H2,1-5H3. The third-order valence-corrected chi connectivity index (χ3v) is 6.65. The van der Waals surface area contributed by atoms with Crippen LogP contribution < -0.4 is 0 Å². The normalized spacial score (nSPS) is 26.6. The van der Waals surface area contributed by atoms with Crippen molar-refractivity contribution in [3.05, 3.63) is 11.8 Å². The summed E-state index contributed by atoms with van der Waals surface area (Å²) < 4.78 is 1.95. The van der Waals surface area contributed by atoms with Crippen LogP contribution in [0.4, 0.5) is 0 Å². The molecule has 1 aliphatic rings. The summed E-state index contributed by atoms with van der Waals surface area (Å²) >= 11 is 1.85. The molecular weight excluding hydrogens is 278 g/mol. The predicted molar refractivity (Wildman–Crippen MR) is 88.1 cm³/mol. The number of hydrogen-bond acceptors (Lipinski definition) is 3. The molecule has 0 N–H and O–H groups in total. The molecule has 0 spiro atoms. The zero-order valence-corrected chi connectivity index (χ0v) is 14.7. The van der Waals surface area contributed by atoms with E-state index in [1.54, 1.807) is 0 Å². The van der Waals surface area contributed by atoms with Gasteiger partial charge < -0.3 is 0 Å². The van der Waals surface area contributed by atoms with Gasteiger partial charge in [-0.3, -0.25) is 4.68 Å². The van der Waals surface area contributed by atoms with Crippen molar-refractivity contribution in [2.75, 3.05) is 0 Å². The molecule has 3 unspecified atom stereocenters. The molecule has 1 aliphatic carbocycles. The fraction of sp³-hybridized carbons (Fsp3) is 0.765. The fourth-order valence-electron chi connectivity index (χ4n) is 3.26. The van der Waals surface area contributed by atoms with Gasteiger partial charge in [-0.05, 0) is 43.6 Å². The van der Waals surface area contributed by atoms with Gasteiger partial charge in [0.25, 0.3) is 0 Å². The Hall–Kier alpha value is -0.950. The van der Waals surface area contributed by atoms with Gasteiger partial charge in [-0.25, -0.2) is 0 Å². The molecule has 0 bridgehead atoms. The van der Waals surface area contributed by atoms with Crippen LogP contribution in [0.3, 0.4) is 0 Å². The molecule has 1 heterocycles. The van der Waals surface area contributed by atoms with Crippen LogP contribution in [0.2, 0.25) is 0 Å². The first kappa shape index (κ1) is 16.4.